The number of piperazine rings is 1. The van der Waals surface area contributed by atoms with Crippen molar-refractivity contribution in [2.24, 2.45) is 0 Å². The lowest BCUT2D eigenvalue weighted by atomic mass is 10.1. The molecule has 1 N–H and O–H groups in total. The van der Waals surface area contributed by atoms with Gasteiger partial charge in [0.05, 0.1) is 0 Å². The Morgan fingerprint density at radius 2 is 1.68 bits per heavy atom. The molecule has 2 aromatic carbocycles. The van der Waals surface area contributed by atoms with Crippen molar-refractivity contribution in [2.75, 3.05) is 42.7 Å². The number of benzene rings is 2. The van der Waals surface area contributed by atoms with Crippen molar-refractivity contribution in [1.82, 2.24) is 4.90 Å². The normalized spacial score (nSPS) is 14.5. The first-order valence-electron chi connectivity index (χ1n) is 8.59. The third kappa shape index (κ3) is 4.28. The summed E-state index contributed by atoms with van der Waals surface area (Å²) in [6.45, 7) is 7.47. The predicted molar refractivity (Wildman–Crippen MR) is 107 cm³/mol. The highest BCUT2D eigenvalue weighted by Gasteiger charge is 2.22. The van der Waals surface area contributed by atoms with Crippen LogP contribution in [0.25, 0.3) is 0 Å². The molecule has 25 heavy (non-hydrogen) atoms. The number of carbonyl (C=O) groups is 1. The summed E-state index contributed by atoms with van der Waals surface area (Å²) in [5, 5.41) is 3.00. The maximum atomic E-state index is 12.5. The van der Waals surface area contributed by atoms with Crippen LogP contribution in [0.1, 0.15) is 11.1 Å². The lowest BCUT2D eigenvalue weighted by molar-refractivity contribution is 0.208. The van der Waals surface area contributed by atoms with Gasteiger partial charge >= 0.3 is 6.03 Å². The monoisotopic (exact) mass is 355 g/mol. The Balaban J connectivity index is 1.56. The molecule has 3 rings (SSSR count). The molecule has 132 valence electrons. The largest absolute Gasteiger partial charge is 0.368 e. The molecule has 1 fully saturated rings. The Morgan fingerprint density at radius 3 is 2.28 bits per heavy atom. The van der Waals surface area contributed by atoms with Crippen molar-refractivity contribution in [1.29, 1.82) is 0 Å². The lowest BCUT2D eigenvalue weighted by Gasteiger charge is -2.36. The highest BCUT2D eigenvalue weighted by atomic mass is 32.2. The van der Waals surface area contributed by atoms with E-state index in [9.17, 15) is 4.79 Å². The van der Waals surface area contributed by atoms with Gasteiger partial charge in [-0.3, -0.25) is 0 Å². The van der Waals surface area contributed by atoms with Gasteiger partial charge in [-0.1, -0.05) is 17.7 Å². The van der Waals surface area contributed by atoms with E-state index >= 15 is 0 Å². The molecule has 2 amide bonds. The predicted octanol–water partition coefficient (Wildman–Crippen LogP) is 4.38. The van der Waals surface area contributed by atoms with E-state index in [2.05, 4.69) is 42.3 Å². The topological polar surface area (TPSA) is 35.6 Å². The number of hydrogen-bond acceptors (Lipinski definition) is 3. The van der Waals surface area contributed by atoms with Crippen molar-refractivity contribution >= 4 is 29.2 Å². The number of nitrogens with one attached hydrogen (secondary N) is 1. The summed E-state index contributed by atoms with van der Waals surface area (Å²) >= 11 is 1.70. The van der Waals surface area contributed by atoms with Gasteiger partial charge in [-0.2, -0.15) is 0 Å². The molecule has 0 radical (unpaired) electrons. The molecule has 4 nitrogen and oxygen atoms in total. The van der Waals surface area contributed by atoms with Crippen LogP contribution in [0.3, 0.4) is 0 Å². The van der Waals surface area contributed by atoms with E-state index in [4.69, 9.17) is 0 Å². The molecular weight excluding hydrogens is 330 g/mol. The summed E-state index contributed by atoms with van der Waals surface area (Å²) in [5.74, 6) is 0. The van der Waals surface area contributed by atoms with Gasteiger partial charge in [0.2, 0.25) is 0 Å². The third-order valence-corrected chi connectivity index (χ3v) is 5.34. The van der Waals surface area contributed by atoms with Gasteiger partial charge < -0.3 is 15.1 Å². The Kier molecular flexibility index (Phi) is 5.53. The number of hydrogen-bond donors (Lipinski definition) is 1. The summed E-state index contributed by atoms with van der Waals surface area (Å²) in [6, 6.07) is 14.5. The number of rotatable bonds is 3. The van der Waals surface area contributed by atoms with Gasteiger partial charge in [-0.25, -0.2) is 4.79 Å². The van der Waals surface area contributed by atoms with E-state index in [1.165, 1.54) is 21.7 Å². The first-order valence-corrected chi connectivity index (χ1v) is 9.81. The van der Waals surface area contributed by atoms with E-state index in [1.807, 2.05) is 35.4 Å². The maximum Gasteiger partial charge on any atom is 0.321 e. The van der Waals surface area contributed by atoms with Crippen LogP contribution >= 0.6 is 11.8 Å². The molecule has 0 saturated carbocycles. The second kappa shape index (κ2) is 7.83. The molecule has 0 atom stereocenters. The summed E-state index contributed by atoms with van der Waals surface area (Å²) in [6.07, 6.45) is 2.04. The highest BCUT2D eigenvalue weighted by molar-refractivity contribution is 7.98. The molecule has 0 aliphatic carbocycles. The van der Waals surface area contributed by atoms with Gasteiger partial charge in [0.1, 0.15) is 0 Å². The molecule has 0 bridgehead atoms. The van der Waals surface area contributed by atoms with E-state index in [0.29, 0.717) is 0 Å². The van der Waals surface area contributed by atoms with Crippen LogP contribution in [0.2, 0.25) is 0 Å². The molecule has 0 spiro atoms. The number of urea groups is 1. The SMILES string of the molecule is CSc1ccc(NC(=O)N2CCN(c3ccc(C)cc3C)CC2)cc1. The second-order valence-electron chi connectivity index (χ2n) is 6.42. The van der Waals surface area contributed by atoms with E-state index in [-0.39, 0.29) is 6.03 Å². The summed E-state index contributed by atoms with van der Waals surface area (Å²) in [5.41, 5.74) is 4.71. The fourth-order valence-electron chi connectivity index (χ4n) is 3.19. The zero-order chi connectivity index (χ0) is 17.8. The highest BCUT2D eigenvalue weighted by Crippen LogP contribution is 2.23. The molecule has 1 aliphatic rings. The number of nitrogens with zero attached hydrogens (tertiary/aromatic N) is 2. The van der Waals surface area contributed by atoms with E-state index in [0.717, 1.165) is 31.9 Å². The number of aryl methyl sites for hydroxylation is 2. The molecule has 2 aromatic rings. The van der Waals surface area contributed by atoms with Gasteiger partial charge in [0.15, 0.2) is 0 Å². The quantitative estimate of drug-likeness (QED) is 0.830. The lowest BCUT2D eigenvalue weighted by Crippen LogP contribution is -2.50. The Labute approximate surface area is 154 Å². The molecule has 1 aliphatic heterocycles. The van der Waals surface area contributed by atoms with Crippen molar-refractivity contribution in [3.05, 3.63) is 53.6 Å². The maximum absolute atomic E-state index is 12.5. The Hall–Kier alpha value is -2.14. The number of anilines is 2. The molecule has 0 aromatic heterocycles. The molecule has 5 heteroatoms. The van der Waals surface area contributed by atoms with Crippen molar-refractivity contribution < 1.29 is 4.79 Å². The minimum Gasteiger partial charge on any atom is -0.368 e. The van der Waals surface area contributed by atoms with Gasteiger partial charge in [0.25, 0.3) is 0 Å². The van der Waals surface area contributed by atoms with Crippen LogP contribution in [-0.2, 0) is 0 Å². The average molecular weight is 356 g/mol. The first kappa shape index (κ1) is 17.7. The van der Waals surface area contributed by atoms with Crippen LogP contribution < -0.4 is 10.2 Å². The summed E-state index contributed by atoms with van der Waals surface area (Å²) in [7, 11) is 0. The van der Waals surface area contributed by atoms with Crippen molar-refractivity contribution in [3.63, 3.8) is 0 Å². The van der Waals surface area contributed by atoms with Crippen molar-refractivity contribution in [3.8, 4) is 0 Å². The Bertz CT molecular complexity index is 737. The minimum atomic E-state index is -0.0165. The van der Waals surface area contributed by atoms with Crippen LogP contribution in [-0.4, -0.2) is 43.4 Å². The van der Waals surface area contributed by atoms with Crippen LogP contribution in [0, 0.1) is 13.8 Å². The van der Waals surface area contributed by atoms with Crippen molar-refractivity contribution in [2.45, 2.75) is 18.7 Å². The van der Waals surface area contributed by atoms with Crippen LogP contribution in [0.4, 0.5) is 16.2 Å². The fraction of sp³-hybridized carbons (Fsp3) is 0.350. The summed E-state index contributed by atoms with van der Waals surface area (Å²) in [4.78, 5) is 17.9. The average Bonchev–Trinajstić information content (AvgIpc) is 2.62. The van der Waals surface area contributed by atoms with Gasteiger partial charge in [-0.05, 0) is 56.0 Å². The number of carbonyl (C=O) groups excluding carboxylic acids is 1. The molecule has 0 unspecified atom stereocenters. The fourth-order valence-corrected chi connectivity index (χ4v) is 3.60. The van der Waals surface area contributed by atoms with Crippen LogP contribution in [0.15, 0.2) is 47.4 Å². The molecule has 1 saturated heterocycles. The zero-order valence-electron chi connectivity index (χ0n) is 15.1. The van der Waals surface area contributed by atoms with Crippen LogP contribution in [0.5, 0.6) is 0 Å². The summed E-state index contributed by atoms with van der Waals surface area (Å²) < 4.78 is 0. The van der Waals surface area contributed by atoms with Gasteiger partial charge in [0, 0.05) is 42.4 Å². The first-order chi connectivity index (χ1) is 12.1. The van der Waals surface area contributed by atoms with Gasteiger partial charge in [-0.15, -0.1) is 11.8 Å². The smallest absolute Gasteiger partial charge is 0.321 e. The number of thioether (sulfide) groups is 1. The zero-order valence-corrected chi connectivity index (χ0v) is 15.9. The number of amides is 2. The standard InChI is InChI=1S/C20H25N3OS/c1-15-4-9-19(16(2)14-15)22-10-12-23(13-11-22)20(24)21-17-5-7-18(25-3)8-6-17/h4-9,14H,10-13H2,1-3H3,(H,21,24). The Morgan fingerprint density at radius 1 is 1.00 bits per heavy atom. The second-order valence-corrected chi connectivity index (χ2v) is 7.30. The van der Waals surface area contributed by atoms with E-state index in [1.54, 1.807) is 11.8 Å². The third-order valence-electron chi connectivity index (χ3n) is 4.60. The van der Waals surface area contributed by atoms with E-state index < -0.39 is 0 Å². The minimum absolute atomic E-state index is 0.0165. The molecule has 1 heterocycles. The molecular formula is C20H25N3OS.